The Labute approximate surface area is 131 Å². The number of aryl methyl sites for hydroxylation is 2. The van der Waals surface area contributed by atoms with Gasteiger partial charge in [-0.15, -0.1) is 11.3 Å². The van der Waals surface area contributed by atoms with E-state index in [0.717, 1.165) is 18.8 Å². The molecule has 112 valence electrons. The highest BCUT2D eigenvalue weighted by Crippen LogP contribution is 2.33. The van der Waals surface area contributed by atoms with Crippen molar-refractivity contribution < 1.29 is 4.74 Å². The second kappa shape index (κ2) is 6.63. The average Bonchev–Trinajstić information content (AvgIpc) is 2.92. The van der Waals surface area contributed by atoms with Gasteiger partial charge in [0.05, 0.1) is 7.11 Å². The lowest BCUT2D eigenvalue weighted by Gasteiger charge is -2.26. The van der Waals surface area contributed by atoms with Gasteiger partial charge in [0.2, 0.25) is 0 Å². The van der Waals surface area contributed by atoms with Crippen LogP contribution >= 0.6 is 11.3 Å². The van der Waals surface area contributed by atoms with Gasteiger partial charge in [-0.05, 0) is 72.4 Å². The highest BCUT2D eigenvalue weighted by atomic mass is 32.1. The van der Waals surface area contributed by atoms with Crippen LogP contribution in [-0.4, -0.2) is 13.7 Å². The quantitative estimate of drug-likeness (QED) is 0.890. The van der Waals surface area contributed by atoms with Gasteiger partial charge >= 0.3 is 0 Å². The normalized spacial score (nSPS) is 17.5. The maximum Gasteiger partial charge on any atom is 0.119 e. The number of hydrogen-bond acceptors (Lipinski definition) is 3. The third-order valence-electron chi connectivity index (χ3n) is 4.46. The van der Waals surface area contributed by atoms with E-state index >= 15 is 0 Å². The van der Waals surface area contributed by atoms with Crippen LogP contribution < -0.4 is 10.1 Å². The first-order valence-corrected chi connectivity index (χ1v) is 8.56. The third kappa shape index (κ3) is 3.30. The Morgan fingerprint density at radius 2 is 2.24 bits per heavy atom. The number of rotatable bonds is 5. The zero-order chi connectivity index (χ0) is 14.7. The summed E-state index contributed by atoms with van der Waals surface area (Å²) >= 11 is 1.83. The summed E-state index contributed by atoms with van der Waals surface area (Å²) in [5, 5.41) is 5.82. The van der Waals surface area contributed by atoms with E-state index in [1.54, 1.807) is 7.11 Å². The molecule has 1 aromatic carbocycles. The molecule has 1 heterocycles. The molecule has 21 heavy (non-hydrogen) atoms. The standard InChI is InChI=1S/C18H23NOS/c1-13-15(8-9-21-13)11-19-12-16-5-3-4-14-10-17(20-2)6-7-18(14)16/h6-10,16,19H,3-5,11-12H2,1-2H3. The van der Waals surface area contributed by atoms with Crippen LogP contribution in [0.4, 0.5) is 0 Å². The van der Waals surface area contributed by atoms with Gasteiger partial charge in [0, 0.05) is 18.0 Å². The van der Waals surface area contributed by atoms with Gasteiger partial charge in [-0.1, -0.05) is 6.07 Å². The molecule has 0 amide bonds. The van der Waals surface area contributed by atoms with E-state index in [-0.39, 0.29) is 0 Å². The lowest BCUT2D eigenvalue weighted by molar-refractivity contribution is 0.412. The molecule has 3 heteroatoms. The van der Waals surface area contributed by atoms with Crippen molar-refractivity contribution in [3.8, 4) is 5.75 Å². The van der Waals surface area contributed by atoms with Crippen molar-refractivity contribution in [2.24, 2.45) is 0 Å². The number of nitrogens with one attached hydrogen (secondary N) is 1. The second-order valence-electron chi connectivity index (χ2n) is 5.79. The van der Waals surface area contributed by atoms with E-state index in [2.05, 4.69) is 41.9 Å². The van der Waals surface area contributed by atoms with Gasteiger partial charge in [0.25, 0.3) is 0 Å². The van der Waals surface area contributed by atoms with E-state index in [1.165, 1.54) is 40.8 Å². The molecule has 1 aliphatic rings. The summed E-state index contributed by atoms with van der Waals surface area (Å²) in [5.41, 5.74) is 4.42. The first kappa shape index (κ1) is 14.6. The van der Waals surface area contributed by atoms with Crippen LogP contribution in [0.2, 0.25) is 0 Å². The first-order valence-electron chi connectivity index (χ1n) is 7.68. The lowest BCUT2D eigenvalue weighted by atomic mass is 9.82. The number of fused-ring (bicyclic) bond motifs is 1. The molecule has 2 aromatic rings. The van der Waals surface area contributed by atoms with Crippen molar-refractivity contribution in [3.63, 3.8) is 0 Å². The SMILES string of the molecule is COc1ccc2c(c1)CCCC2CNCc1ccsc1C. The molecule has 1 unspecified atom stereocenters. The smallest absolute Gasteiger partial charge is 0.119 e. The van der Waals surface area contributed by atoms with Gasteiger partial charge in [0.1, 0.15) is 5.75 Å². The van der Waals surface area contributed by atoms with Crippen molar-refractivity contribution in [1.29, 1.82) is 0 Å². The zero-order valence-electron chi connectivity index (χ0n) is 12.8. The number of ether oxygens (including phenoxy) is 1. The van der Waals surface area contributed by atoms with Crippen LogP contribution in [0.25, 0.3) is 0 Å². The van der Waals surface area contributed by atoms with Gasteiger partial charge in [-0.2, -0.15) is 0 Å². The van der Waals surface area contributed by atoms with Crippen molar-refractivity contribution in [2.75, 3.05) is 13.7 Å². The predicted molar refractivity (Wildman–Crippen MR) is 89.4 cm³/mol. The van der Waals surface area contributed by atoms with Gasteiger partial charge < -0.3 is 10.1 Å². The number of benzene rings is 1. The minimum atomic E-state index is 0.638. The number of methoxy groups -OCH3 is 1. The Bertz CT molecular complexity index is 605. The van der Waals surface area contributed by atoms with Crippen LogP contribution in [0.5, 0.6) is 5.75 Å². The molecular formula is C18H23NOS. The zero-order valence-corrected chi connectivity index (χ0v) is 13.6. The van der Waals surface area contributed by atoms with Crippen molar-refractivity contribution in [2.45, 2.75) is 38.6 Å². The maximum absolute atomic E-state index is 5.34. The summed E-state index contributed by atoms with van der Waals surface area (Å²) in [6, 6.07) is 8.80. The summed E-state index contributed by atoms with van der Waals surface area (Å²) in [4.78, 5) is 1.43. The molecule has 1 atom stereocenters. The minimum Gasteiger partial charge on any atom is -0.497 e. The fourth-order valence-corrected chi connectivity index (χ4v) is 3.93. The summed E-state index contributed by atoms with van der Waals surface area (Å²) in [5.74, 6) is 1.62. The Morgan fingerprint density at radius 3 is 3.00 bits per heavy atom. The second-order valence-corrected chi connectivity index (χ2v) is 6.91. The van der Waals surface area contributed by atoms with Crippen LogP contribution in [0, 0.1) is 6.92 Å². The molecule has 1 aromatic heterocycles. The van der Waals surface area contributed by atoms with E-state index in [4.69, 9.17) is 4.74 Å². The number of thiophene rings is 1. The molecule has 2 nitrogen and oxygen atoms in total. The largest absolute Gasteiger partial charge is 0.497 e. The fourth-order valence-electron chi connectivity index (χ4n) is 3.21. The Hall–Kier alpha value is -1.32. The van der Waals surface area contributed by atoms with Crippen LogP contribution in [0.3, 0.4) is 0 Å². The third-order valence-corrected chi connectivity index (χ3v) is 5.35. The highest BCUT2D eigenvalue weighted by molar-refractivity contribution is 7.10. The summed E-state index contributed by atoms with van der Waals surface area (Å²) in [7, 11) is 1.74. The van der Waals surface area contributed by atoms with Crippen molar-refractivity contribution in [3.05, 3.63) is 51.2 Å². The summed E-state index contributed by atoms with van der Waals surface area (Å²) < 4.78 is 5.34. The topological polar surface area (TPSA) is 21.3 Å². The van der Waals surface area contributed by atoms with Gasteiger partial charge in [0.15, 0.2) is 0 Å². The van der Waals surface area contributed by atoms with E-state index in [0.29, 0.717) is 5.92 Å². The molecule has 0 bridgehead atoms. The molecule has 0 fully saturated rings. The van der Waals surface area contributed by atoms with Crippen LogP contribution in [0.15, 0.2) is 29.6 Å². The van der Waals surface area contributed by atoms with Crippen molar-refractivity contribution in [1.82, 2.24) is 5.32 Å². The minimum absolute atomic E-state index is 0.638. The molecule has 3 rings (SSSR count). The molecule has 1 N–H and O–H groups in total. The average molecular weight is 301 g/mol. The Balaban J connectivity index is 1.64. The predicted octanol–water partition coefficient (Wildman–Crippen LogP) is 4.27. The summed E-state index contributed by atoms with van der Waals surface area (Å²) in [6.45, 7) is 4.25. The van der Waals surface area contributed by atoms with Gasteiger partial charge in [-0.25, -0.2) is 0 Å². The van der Waals surface area contributed by atoms with Crippen LogP contribution in [0.1, 0.15) is 40.3 Å². The number of hydrogen-bond donors (Lipinski definition) is 1. The van der Waals surface area contributed by atoms with Crippen molar-refractivity contribution >= 4 is 11.3 Å². The molecule has 0 saturated carbocycles. The molecule has 0 saturated heterocycles. The molecule has 0 spiro atoms. The maximum atomic E-state index is 5.34. The van der Waals surface area contributed by atoms with Crippen LogP contribution in [-0.2, 0) is 13.0 Å². The highest BCUT2D eigenvalue weighted by Gasteiger charge is 2.20. The van der Waals surface area contributed by atoms with E-state index < -0.39 is 0 Å². The lowest BCUT2D eigenvalue weighted by Crippen LogP contribution is -2.24. The fraction of sp³-hybridized carbons (Fsp3) is 0.444. The van der Waals surface area contributed by atoms with Gasteiger partial charge in [-0.3, -0.25) is 0 Å². The Kier molecular flexibility index (Phi) is 4.61. The van der Waals surface area contributed by atoms with E-state index in [9.17, 15) is 0 Å². The first-order chi connectivity index (χ1) is 10.3. The molecule has 0 radical (unpaired) electrons. The monoisotopic (exact) mass is 301 g/mol. The Morgan fingerprint density at radius 1 is 1.33 bits per heavy atom. The summed E-state index contributed by atoms with van der Waals surface area (Å²) in [6.07, 6.45) is 3.76. The molecule has 0 aliphatic heterocycles. The molecule has 1 aliphatic carbocycles. The molecular weight excluding hydrogens is 278 g/mol. The van der Waals surface area contributed by atoms with E-state index in [1.807, 2.05) is 11.3 Å².